The fourth-order valence-electron chi connectivity index (χ4n) is 3.38. The third kappa shape index (κ3) is 3.83. The number of nitrogens with zero attached hydrogens (tertiary/aromatic N) is 3. The highest BCUT2D eigenvalue weighted by molar-refractivity contribution is 7.99. The number of thiazole rings is 1. The van der Waals surface area contributed by atoms with Crippen molar-refractivity contribution in [1.82, 2.24) is 14.3 Å². The predicted molar refractivity (Wildman–Crippen MR) is 99.8 cm³/mol. The van der Waals surface area contributed by atoms with Crippen LogP contribution < -0.4 is 5.56 Å². The standard InChI is InChI=1S/C17H23N3O2S2/c1-11-4-12(2)7-19(6-11)16(22)10-23-9-14-5-15(21)20-13(3)8-24-17(20)18-14/h5,8,11-12H,4,6-7,9-10H2,1-3H3/t11-,12-/m1/s1. The van der Waals surface area contributed by atoms with Gasteiger partial charge in [0.1, 0.15) is 0 Å². The van der Waals surface area contributed by atoms with E-state index in [2.05, 4.69) is 18.8 Å². The molecule has 0 unspecified atom stereocenters. The highest BCUT2D eigenvalue weighted by Gasteiger charge is 2.25. The molecule has 1 saturated heterocycles. The molecule has 0 aromatic carbocycles. The van der Waals surface area contributed by atoms with Crippen molar-refractivity contribution in [2.24, 2.45) is 11.8 Å². The lowest BCUT2D eigenvalue weighted by Gasteiger charge is -2.35. The maximum absolute atomic E-state index is 12.4. The van der Waals surface area contributed by atoms with Crippen molar-refractivity contribution in [2.45, 2.75) is 32.9 Å². The summed E-state index contributed by atoms with van der Waals surface area (Å²) >= 11 is 3.01. The van der Waals surface area contributed by atoms with Gasteiger partial charge in [-0.15, -0.1) is 23.1 Å². The number of likely N-dealkylation sites (tertiary alicyclic amines) is 1. The second kappa shape index (κ2) is 7.27. The van der Waals surface area contributed by atoms with Crippen LogP contribution in [-0.2, 0) is 10.5 Å². The van der Waals surface area contributed by atoms with Crippen molar-refractivity contribution >= 4 is 34.0 Å². The second-order valence-electron chi connectivity index (χ2n) is 6.82. The van der Waals surface area contributed by atoms with Gasteiger partial charge in [-0.2, -0.15) is 0 Å². The minimum atomic E-state index is -0.0423. The molecular weight excluding hydrogens is 342 g/mol. The quantitative estimate of drug-likeness (QED) is 0.836. The summed E-state index contributed by atoms with van der Waals surface area (Å²) in [5.74, 6) is 2.39. The van der Waals surface area contributed by atoms with Crippen molar-refractivity contribution in [3.8, 4) is 0 Å². The lowest BCUT2D eigenvalue weighted by Crippen LogP contribution is -2.43. The van der Waals surface area contributed by atoms with Gasteiger partial charge in [0.25, 0.3) is 5.56 Å². The molecule has 7 heteroatoms. The van der Waals surface area contributed by atoms with Gasteiger partial charge in [-0.25, -0.2) is 4.98 Å². The third-order valence-electron chi connectivity index (χ3n) is 4.33. The Hall–Kier alpha value is -1.34. The normalized spacial score (nSPS) is 21.4. The molecule has 0 radical (unpaired) electrons. The molecule has 2 atom stereocenters. The fourth-order valence-corrected chi connectivity index (χ4v) is 5.08. The Morgan fingerprint density at radius 1 is 1.38 bits per heavy atom. The zero-order valence-corrected chi connectivity index (χ0v) is 16.0. The Kier molecular flexibility index (Phi) is 5.30. The number of carbonyl (C=O) groups excluding carboxylic acids is 1. The second-order valence-corrected chi connectivity index (χ2v) is 8.64. The van der Waals surface area contributed by atoms with Crippen molar-refractivity contribution in [2.75, 3.05) is 18.8 Å². The first kappa shape index (κ1) is 17.5. The predicted octanol–water partition coefficient (Wildman–Crippen LogP) is 2.80. The SMILES string of the molecule is Cc1csc2nc(CSCC(=O)N3C[C@H](C)C[C@@H](C)C3)cc(=O)n12. The maximum Gasteiger partial charge on any atom is 0.258 e. The van der Waals surface area contributed by atoms with E-state index in [1.165, 1.54) is 29.5 Å². The zero-order valence-electron chi connectivity index (χ0n) is 14.3. The number of rotatable bonds is 4. The fraction of sp³-hybridized carbons (Fsp3) is 0.588. The lowest BCUT2D eigenvalue weighted by molar-refractivity contribution is -0.130. The van der Waals surface area contributed by atoms with E-state index in [1.807, 2.05) is 17.2 Å². The van der Waals surface area contributed by atoms with Crippen LogP contribution in [0.3, 0.4) is 0 Å². The number of amides is 1. The summed E-state index contributed by atoms with van der Waals surface area (Å²) in [5.41, 5.74) is 1.62. The molecule has 130 valence electrons. The Bertz CT molecular complexity index is 789. The number of aromatic nitrogens is 2. The monoisotopic (exact) mass is 365 g/mol. The van der Waals surface area contributed by atoms with E-state index in [-0.39, 0.29) is 11.5 Å². The molecule has 1 aliphatic heterocycles. The molecule has 1 amide bonds. The van der Waals surface area contributed by atoms with E-state index in [9.17, 15) is 9.59 Å². The van der Waals surface area contributed by atoms with Crippen LogP contribution in [-0.4, -0.2) is 39.0 Å². The molecule has 0 spiro atoms. The zero-order chi connectivity index (χ0) is 17.3. The average molecular weight is 366 g/mol. The molecule has 2 aromatic rings. The molecule has 24 heavy (non-hydrogen) atoms. The van der Waals surface area contributed by atoms with Crippen LogP contribution in [0.25, 0.3) is 4.96 Å². The number of hydrogen-bond donors (Lipinski definition) is 0. The lowest BCUT2D eigenvalue weighted by atomic mass is 9.92. The highest BCUT2D eigenvalue weighted by atomic mass is 32.2. The van der Waals surface area contributed by atoms with Gasteiger partial charge < -0.3 is 4.90 Å². The van der Waals surface area contributed by atoms with Gasteiger partial charge in [0, 0.05) is 36.0 Å². The highest BCUT2D eigenvalue weighted by Crippen LogP contribution is 2.22. The smallest absolute Gasteiger partial charge is 0.258 e. The summed E-state index contributed by atoms with van der Waals surface area (Å²) in [6.45, 7) is 8.05. The number of piperidine rings is 1. The Morgan fingerprint density at radius 2 is 2.08 bits per heavy atom. The molecule has 1 aliphatic rings. The molecule has 0 aliphatic carbocycles. The van der Waals surface area contributed by atoms with Gasteiger partial charge in [0.05, 0.1) is 11.4 Å². The summed E-state index contributed by atoms with van der Waals surface area (Å²) in [4.78, 5) is 31.8. The molecule has 3 heterocycles. The Labute approximate surface area is 150 Å². The number of fused-ring (bicyclic) bond motifs is 1. The molecule has 1 fully saturated rings. The van der Waals surface area contributed by atoms with Crippen LogP contribution in [0.5, 0.6) is 0 Å². The van der Waals surface area contributed by atoms with Crippen LogP contribution in [0, 0.1) is 18.8 Å². The maximum atomic E-state index is 12.4. The van der Waals surface area contributed by atoms with Crippen molar-refractivity contribution < 1.29 is 4.79 Å². The van der Waals surface area contributed by atoms with Crippen LogP contribution in [0.4, 0.5) is 0 Å². The first-order valence-electron chi connectivity index (χ1n) is 8.26. The van der Waals surface area contributed by atoms with Crippen LogP contribution in [0.15, 0.2) is 16.2 Å². The summed E-state index contributed by atoms with van der Waals surface area (Å²) < 4.78 is 1.63. The molecule has 0 saturated carbocycles. The first-order valence-corrected chi connectivity index (χ1v) is 10.3. The first-order chi connectivity index (χ1) is 11.4. The minimum Gasteiger partial charge on any atom is -0.341 e. The van der Waals surface area contributed by atoms with Gasteiger partial charge >= 0.3 is 0 Å². The summed E-state index contributed by atoms with van der Waals surface area (Å²) in [7, 11) is 0. The van der Waals surface area contributed by atoms with Crippen molar-refractivity contribution in [3.63, 3.8) is 0 Å². The van der Waals surface area contributed by atoms with E-state index in [0.29, 0.717) is 23.3 Å². The van der Waals surface area contributed by atoms with Crippen LogP contribution >= 0.6 is 23.1 Å². The average Bonchev–Trinajstić information content (AvgIpc) is 2.88. The summed E-state index contributed by atoms with van der Waals surface area (Å²) in [5, 5.41) is 1.93. The summed E-state index contributed by atoms with van der Waals surface area (Å²) in [6, 6.07) is 1.58. The Balaban J connectivity index is 1.58. The molecule has 3 rings (SSSR count). The van der Waals surface area contributed by atoms with E-state index < -0.39 is 0 Å². The van der Waals surface area contributed by atoms with Crippen molar-refractivity contribution in [1.29, 1.82) is 0 Å². The number of carbonyl (C=O) groups is 1. The van der Waals surface area contributed by atoms with Gasteiger partial charge in [-0.3, -0.25) is 14.0 Å². The van der Waals surface area contributed by atoms with Gasteiger partial charge in [0.2, 0.25) is 5.91 Å². The van der Waals surface area contributed by atoms with Crippen LogP contribution in [0.2, 0.25) is 0 Å². The molecule has 0 bridgehead atoms. The number of thioether (sulfide) groups is 1. The number of aryl methyl sites for hydroxylation is 1. The molecule has 2 aromatic heterocycles. The van der Waals surface area contributed by atoms with Gasteiger partial charge in [-0.05, 0) is 25.2 Å². The van der Waals surface area contributed by atoms with E-state index in [4.69, 9.17) is 0 Å². The Morgan fingerprint density at radius 3 is 2.79 bits per heavy atom. The molecular formula is C17H23N3O2S2. The third-order valence-corrected chi connectivity index (χ3v) is 6.22. The number of hydrogen-bond acceptors (Lipinski definition) is 5. The molecule has 5 nitrogen and oxygen atoms in total. The van der Waals surface area contributed by atoms with Crippen LogP contribution in [0.1, 0.15) is 31.7 Å². The van der Waals surface area contributed by atoms with Crippen molar-refractivity contribution in [3.05, 3.63) is 33.2 Å². The van der Waals surface area contributed by atoms with E-state index in [0.717, 1.165) is 29.4 Å². The topological polar surface area (TPSA) is 54.7 Å². The largest absolute Gasteiger partial charge is 0.341 e. The van der Waals surface area contributed by atoms with Gasteiger partial charge in [0.15, 0.2) is 4.96 Å². The van der Waals surface area contributed by atoms with Gasteiger partial charge in [-0.1, -0.05) is 13.8 Å². The molecule has 0 N–H and O–H groups in total. The minimum absolute atomic E-state index is 0.0423. The van der Waals surface area contributed by atoms with E-state index in [1.54, 1.807) is 10.5 Å². The summed E-state index contributed by atoms with van der Waals surface area (Å²) in [6.07, 6.45) is 1.20. The van der Waals surface area contributed by atoms with E-state index >= 15 is 0 Å².